The third kappa shape index (κ3) is 3.92. The van der Waals surface area contributed by atoms with Crippen molar-refractivity contribution in [2.45, 2.75) is 23.8 Å². The molecule has 0 bridgehead atoms. The number of carbonyl (C=O) groups is 1. The van der Waals surface area contributed by atoms with E-state index in [9.17, 15) is 13.2 Å². The third-order valence-electron chi connectivity index (χ3n) is 4.01. The topological polar surface area (TPSA) is 66.5 Å². The molecule has 1 N–H and O–H groups in total. The summed E-state index contributed by atoms with van der Waals surface area (Å²) in [7, 11) is -3.97. The molecule has 2 aromatic rings. The lowest BCUT2D eigenvalue weighted by Gasteiger charge is -2.24. The molecule has 1 saturated carbocycles. The zero-order valence-corrected chi connectivity index (χ0v) is 15.6. The summed E-state index contributed by atoms with van der Waals surface area (Å²) in [6.45, 7) is 3.72. The Balaban J connectivity index is 2.01. The summed E-state index contributed by atoms with van der Waals surface area (Å²) in [6, 6.07) is 13.2. The van der Waals surface area contributed by atoms with Crippen LogP contribution in [0.2, 0.25) is 5.02 Å². The molecule has 7 heteroatoms. The minimum Gasteiger partial charge on any atom is -0.349 e. The number of carbonyl (C=O) groups excluding carboxylic acids is 1. The lowest BCUT2D eigenvalue weighted by molar-refractivity contribution is 0.0951. The van der Waals surface area contributed by atoms with E-state index < -0.39 is 10.0 Å². The average Bonchev–Trinajstić information content (AvgIpc) is 3.44. The number of nitrogens with zero attached hydrogens (tertiary/aromatic N) is 1. The Hall–Kier alpha value is -2.31. The maximum Gasteiger partial charge on any atom is 0.266 e. The first-order chi connectivity index (χ1) is 12.4. The first kappa shape index (κ1) is 18.5. The molecule has 0 atom stereocenters. The molecule has 5 nitrogen and oxygen atoms in total. The van der Waals surface area contributed by atoms with Gasteiger partial charge >= 0.3 is 0 Å². The number of para-hydroxylation sites is 1. The monoisotopic (exact) mass is 390 g/mol. The van der Waals surface area contributed by atoms with Crippen molar-refractivity contribution in [1.82, 2.24) is 5.32 Å². The highest BCUT2D eigenvalue weighted by molar-refractivity contribution is 7.93. The van der Waals surface area contributed by atoms with E-state index in [1.165, 1.54) is 28.6 Å². The lowest BCUT2D eigenvalue weighted by atomic mass is 10.2. The summed E-state index contributed by atoms with van der Waals surface area (Å²) >= 11 is 6.17. The molecule has 1 aliphatic rings. The number of benzene rings is 2. The highest BCUT2D eigenvalue weighted by Crippen LogP contribution is 2.29. The zero-order valence-electron chi connectivity index (χ0n) is 14.1. The van der Waals surface area contributed by atoms with Crippen LogP contribution < -0.4 is 9.62 Å². The predicted octanol–water partition coefficient (Wildman–Crippen LogP) is 3.61. The minimum absolute atomic E-state index is 0.0676. The molecule has 0 aliphatic heterocycles. The van der Waals surface area contributed by atoms with Crippen molar-refractivity contribution in [3.05, 3.63) is 71.8 Å². The van der Waals surface area contributed by atoms with E-state index >= 15 is 0 Å². The van der Waals surface area contributed by atoms with Gasteiger partial charge in [-0.05, 0) is 43.2 Å². The zero-order chi connectivity index (χ0) is 18.7. The number of sulfonamides is 1. The van der Waals surface area contributed by atoms with E-state index in [-0.39, 0.29) is 34.0 Å². The van der Waals surface area contributed by atoms with Gasteiger partial charge in [-0.25, -0.2) is 8.42 Å². The Bertz CT molecular complexity index is 925. The number of hydrogen-bond donors (Lipinski definition) is 1. The summed E-state index contributed by atoms with van der Waals surface area (Å²) in [5, 5.41) is 2.92. The maximum atomic E-state index is 13.2. The molecule has 0 heterocycles. The van der Waals surface area contributed by atoms with Gasteiger partial charge in [0.25, 0.3) is 15.9 Å². The fourth-order valence-electron chi connectivity index (χ4n) is 2.51. The summed E-state index contributed by atoms with van der Waals surface area (Å²) in [4.78, 5) is 12.2. The van der Waals surface area contributed by atoms with Crippen LogP contribution in [0.4, 0.5) is 5.69 Å². The quantitative estimate of drug-likeness (QED) is 0.734. The summed E-state index contributed by atoms with van der Waals surface area (Å²) in [5.74, 6) is -0.296. The molecule has 26 heavy (non-hydrogen) atoms. The number of nitrogens with one attached hydrogen (secondary N) is 1. The van der Waals surface area contributed by atoms with Gasteiger partial charge in [0.1, 0.15) is 4.90 Å². The fourth-order valence-corrected chi connectivity index (χ4v) is 4.45. The van der Waals surface area contributed by atoms with Crippen LogP contribution in [0, 0.1) is 0 Å². The van der Waals surface area contributed by atoms with Gasteiger partial charge in [-0.15, -0.1) is 6.58 Å². The van der Waals surface area contributed by atoms with Crippen molar-refractivity contribution in [3.63, 3.8) is 0 Å². The van der Waals surface area contributed by atoms with E-state index in [4.69, 9.17) is 11.6 Å². The smallest absolute Gasteiger partial charge is 0.266 e. The number of hydrogen-bond acceptors (Lipinski definition) is 3. The highest BCUT2D eigenvalue weighted by atomic mass is 35.5. The van der Waals surface area contributed by atoms with E-state index in [2.05, 4.69) is 11.9 Å². The molecule has 1 amide bonds. The van der Waals surface area contributed by atoms with Crippen LogP contribution in [0.15, 0.2) is 66.1 Å². The first-order valence-electron chi connectivity index (χ1n) is 8.22. The average molecular weight is 391 g/mol. The molecule has 0 aromatic heterocycles. The largest absolute Gasteiger partial charge is 0.349 e. The molecule has 136 valence electrons. The van der Waals surface area contributed by atoms with Crippen molar-refractivity contribution < 1.29 is 13.2 Å². The normalized spacial score (nSPS) is 13.9. The van der Waals surface area contributed by atoms with Crippen LogP contribution >= 0.6 is 11.6 Å². The molecule has 0 spiro atoms. The van der Waals surface area contributed by atoms with Gasteiger partial charge in [-0.2, -0.15) is 0 Å². The van der Waals surface area contributed by atoms with Crippen molar-refractivity contribution in [2.75, 3.05) is 10.8 Å². The Labute approximate surface area is 158 Å². The number of anilines is 1. The number of halogens is 1. The van der Waals surface area contributed by atoms with E-state index in [1.807, 2.05) is 0 Å². The molecule has 1 aliphatic carbocycles. The second kappa shape index (κ2) is 7.51. The Morgan fingerprint density at radius 3 is 2.54 bits per heavy atom. The molecular formula is C19H19ClN2O3S. The van der Waals surface area contributed by atoms with Crippen molar-refractivity contribution in [2.24, 2.45) is 0 Å². The Morgan fingerprint density at radius 1 is 1.23 bits per heavy atom. The predicted molar refractivity (Wildman–Crippen MR) is 103 cm³/mol. The van der Waals surface area contributed by atoms with Crippen LogP contribution in [0.5, 0.6) is 0 Å². The van der Waals surface area contributed by atoms with Crippen molar-refractivity contribution in [3.8, 4) is 0 Å². The van der Waals surface area contributed by atoms with Gasteiger partial charge in [-0.1, -0.05) is 35.9 Å². The molecule has 0 unspecified atom stereocenters. The third-order valence-corrected chi connectivity index (χ3v) is 6.29. The first-order valence-corrected chi connectivity index (χ1v) is 10.0. The molecular weight excluding hydrogens is 372 g/mol. The van der Waals surface area contributed by atoms with Crippen LogP contribution in [-0.4, -0.2) is 26.9 Å². The van der Waals surface area contributed by atoms with E-state index in [0.29, 0.717) is 5.69 Å². The van der Waals surface area contributed by atoms with Gasteiger partial charge in [0, 0.05) is 11.6 Å². The standard InChI is InChI=1S/C19H19ClN2O3S/c1-2-12-22(16-6-4-3-5-7-16)26(24,25)18-13-14(8-11-17(18)20)19(23)21-15-9-10-15/h2-8,11,13,15H,1,9-10,12H2,(H,21,23). The van der Waals surface area contributed by atoms with Gasteiger partial charge in [0.15, 0.2) is 0 Å². The Morgan fingerprint density at radius 2 is 1.92 bits per heavy atom. The number of rotatable bonds is 7. The van der Waals surface area contributed by atoms with E-state index in [1.54, 1.807) is 30.3 Å². The molecule has 2 aromatic carbocycles. The fraction of sp³-hybridized carbons (Fsp3) is 0.211. The summed E-state index contributed by atoms with van der Waals surface area (Å²) < 4.78 is 27.6. The molecule has 1 fully saturated rings. The van der Waals surface area contributed by atoms with E-state index in [0.717, 1.165) is 12.8 Å². The minimum atomic E-state index is -3.97. The van der Waals surface area contributed by atoms with Crippen LogP contribution in [-0.2, 0) is 10.0 Å². The maximum absolute atomic E-state index is 13.2. The second-order valence-corrected chi connectivity index (χ2v) is 8.29. The summed E-state index contributed by atoms with van der Waals surface area (Å²) in [5.41, 5.74) is 0.766. The number of amides is 1. The molecule has 0 radical (unpaired) electrons. The van der Waals surface area contributed by atoms with Gasteiger partial charge < -0.3 is 5.32 Å². The van der Waals surface area contributed by atoms with Crippen LogP contribution in [0.3, 0.4) is 0 Å². The molecule has 3 rings (SSSR count). The van der Waals surface area contributed by atoms with Crippen molar-refractivity contribution in [1.29, 1.82) is 0 Å². The van der Waals surface area contributed by atoms with Gasteiger partial charge in [-0.3, -0.25) is 9.10 Å². The highest BCUT2D eigenvalue weighted by Gasteiger charge is 2.29. The Kier molecular flexibility index (Phi) is 5.34. The SMILES string of the molecule is C=CCN(c1ccccc1)S(=O)(=O)c1cc(C(=O)NC2CC2)ccc1Cl. The molecule has 0 saturated heterocycles. The van der Waals surface area contributed by atoms with Crippen molar-refractivity contribution >= 4 is 33.2 Å². The lowest BCUT2D eigenvalue weighted by Crippen LogP contribution is -2.32. The second-order valence-electron chi connectivity index (χ2n) is 6.05. The summed E-state index contributed by atoms with van der Waals surface area (Å²) in [6.07, 6.45) is 3.40. The van der Waals surface area contributed by atoms with Crippen LogP contribution in [0.1, 0.15) is 23.2 Å². The van der Waals surface area contributed by atoms with Crippen LogP contribution in [0.25, 0.3) is 0 Å². The van der Waals surface area contributed by atoms with Gasteiger partial charge in [0.05, 0.1) is 17.3 Å². The van der Waals surface area contributed by atoms with Gasteiger partial charge in [0.2, 0.25) is 0 Å².